The van der Waals surface area contributed by atoms with Crippen molar-refractivity contribution in [3.8, 4) is 0 Å². The third-order valence-corrected chi connectivity index (χ3v) is 5.51. The molecule has 4 nitrogen and oxygen atoms in total. The van der Waals surface area contributed by atoms with Gasteiger partial charge in [-0.1, -0.05) is 77.6 Å². The number of hydrogen-bond donors (Lipinski definition) is 1. The van der Waals surface area contributed by atoms with Crippen LogP contribution < -0.4 is 29.6 Å². The van der Waals surface area contributed by atoms with Crippen molar-refractivity contribution in [3.05, 3.63) is 0 Å². The first-order chi connectivity index (χ1) is 10.5. The Morgan fingerprint density at radius 2 is 1.17 bits per heavy atom. The molecule has 0 heterocycles. The van der Waals surface area contributed by atoms with Crippen LogP contribution in [0.15, 0.2) is 0 Å². The van der Waals surface area contributed by atoms with Crippen LogP contribution in [0.4, 0.5) is 0 Å². The van der Waals surface area contributed by atoms with Crippen molar-refractivity contribution in [2.45, 2.75) is 102 Å². The number of aliphatic hydroxyl groups is 1. The summed E-state index contributed by atoms with van der Waals surface area (Å²) in [5, 5.41) is 8.00. The van der Waals surface area contributed by atoms with E-state index in [0.717, 1.165) is 57.8 Å². The summed E-state index contributed by atoms with van der Waals surface area (Å²) in [6.45, 7) is 2.42. The molecule has 0 aromatic heterocycles. The van der Waals surface area contributed by atoms with E-state index in [-0.39, 0.29) is 36.2 Å². The maximum atomic E-state index is 11.3. The Morgan fingerprint density at radius 3 is 1.57 bits per heavy atom. The molecule has 0 saturated carbocycles. The molecule has 0 saturated heterocycles. The molecule has 6 heteroatoms. The van der Waals surface area contributed by atoms with Crippen LogP contribution in [0, 0.1) is 0 Å². The fourth-order valence-electron chi connectivity index (χ4n) is 2.78. The van der Waals surface area contributed by atoms with Gasteiger partial charge >= 0.3 is 29.6 Å². The van der Waals surface area contributed by atoms with Crippen molar-refractivity contribution in [1.29, 1.82) is 0 Å². The smallest absolute Gasteiger partial charge is 0.748 e. The molecule has 0 spiro atoms. The number of aliphatic hydroxyl groups excluding tert-OH is 1. The molecule has 134 valence electrons. The van der Waals surface area contributed by atoms with E-state index in [1.807, 2.05) is 0 Å². The SMILES string of the molecule is CCCCCCCCC(CCCCCCCCO)S(=O)(=O)[O-].[Na+]. The van der Waals surface area contributed by atoms with Crippen LogP contribution in [0.25, 0.3) is 0 Å². The summed E-state index contributed by atoms with van der Waals surface area (Å²) in [6, 6.07) is 0. The molecule has 0 aliphatic carbocycles. The number of rotatable bonds is 16. The second-order valence-electron chi connectivity index (χ2n) is 6.30. The Bertz CT molecular complexity index is 333. The van der Waals surface area contributed by atoms with E-state index in [9.17, 15) is 13.0 Å². The van der Waals surface area contributed by atoms with Crippen molar-refractivity contribution in [2.24, 2.45) is 0 Å². The molecular weight excluding hydrogens is 323 g/mol. The average molecular weight is 359 g/mol. The fraction of sp³-hybridized carbons (Fsp3) is 1.00. The molecule has 0 aromatic rings. The van der Waals surface area contributed by atoms with Crippen molar-refractivity contribution in [1.82, 2.24) is 0 Å². The van der Waals surface area contributed by atoms with Crippen LogP contribution in [0.2, 0.25) is 0 Å². The van der Waals surface area contributed by atoms with Crippen LogP contribution in [0.5, 0.6) is 0 Å². The summed E-state index contributed by atoms with van der Waals surface area (Å²) < 4.78 is 34.0. The second kappa shape index (κ2) is 17.7. The van der Waals surface area contributed by atoms with Gasteiger partial charge in [0.1, 0.15) is 0 Å². The van der Waals surface area contributed by atoms with Crippen molar-refractivity contribution in [2.75, 3.05) is 6.61 Å². The van der Waals surface area contributed by atoms with Crippen LogP contribution in [-0.4, -0.2) is 29.9 Å². The molecular formula is C17H35NaO4S. The molecule has 0 aliphatic heterocycles. The first-order valence-electron chi connectivity index (χ1n) is 9.08. The maximum absolute atomic E-state index is 11.3. The van der Waals surface area contributed by atoms with Crippen LogP contribution in [-0.2, 0) is 10.1 Å². The zero-order chi connectivity index (χ0) is 16.7. The molecule has 1 unspecified atom stereocenters. The van der Waals surface area contributed by atoms with Gasteiger partial charge in [-0.15, -0.1) is 0 Å². The van der Waals surface area contributed by atoms with Gasteiger partial charge in [0.05, 0.1) is 10.1 Å². The predicted octanol–water partition coefficient (Wildman–Crippen LogP) is 1.38. The van der Waals surface area contributed by atoms with E-state index in [2.05, 4.69) is 6.92 Å². The first-order valence-corrected chi connectivity index (χ1v) is 10.5. The van der Waals surface area contributed by atoms with Gasteiger partial charge in [0.25, 0.3) is 0 Å². The summed E-state index contributed by atoms with van der Waals surface area (Å²) in [5.41, 5.74) is 0. The van der Waals surface area contributed by atoms with Crippen LogP contribution >= 0.6 is 0 Å². The normalized spacial score (nSPS) is 12.8. The van der Waals surface area contributed by atoms with Crippen molar-refractivity contribution in [3.63, 3.8) is 0 Å². The van der Waals surface area contributed by atoms with E-state index in [1.165, 1.54) is 19.3 Å². The zero-order valence-corrected chi connectivity index (χ0v) is 18.1. The standard InChI is InChI=1S/C17H36O4S.Na/c1-2-3-4-5-8-11-14-17(22(19,20)21)15-12-9-6-7-10-13-16-18;/h17-18H,2-16H2,1H3,(H,19,20,21);/q;+1/p-1. The van der Waals surface area contributed by atoms with E-state index < -0.39 is 15.4 Å². The van der Waals surface area contributed by atoms with Crippen LogP contribution in [0.1, 0.15) is 96.8 Å². The molecule has 0 aliphatic rings. The molecule has 0 radical (unpaired) electrons. The van der Waals surface area contributed by atoms with Crippen LogP contribution in [0.3, 0.4) is 0 Å². The molecule has 1 atom stereocenters. The van der Waals surface area contributed by atoms with Gasteiger partial charge in [-0.05, 0) is 19.3 Å². The summed E-state index contributed by atoms with van der Waals surface area (Å²) in [4.78, 5) is 0. The predicted molar refractivity (Wildman–Crippen MR) is 90.9 cm³/mol. The van der Waals surface area contributed by atoms with E-state index in [4.69, 9.17) is 5.11 Å². The fourth-order valence-corrected chi connectivity index (χ4v) is 3.69. The minimum Gasteiger partial charge on any atom is -0.748 e. The quantitative estimate of drug-likeness (QED) is 0.257. The number of hydrogen-bond acceptors (Lipinski definition) is 4. The third-order valence-electron chi connectivity index (χ3n) is 4.22. The molecule has 1 N–H and O–H groups in total. The third kappa shape index (κ3) is 17.5. The van der Waals surface area contributed by atoms with E-state index >= 15 is 0 Å². The summed E-state index contributed by atoms with van der Waals surface area (Å²) in [7, 11) is -4.15. The molecule has 0 amide bonds. The van der Waals surface area contributed by atoms with Crippen molar-refractivity contribution < 1.29 is 47.6 Å². The molecule has 0 rings (SSSR count). The number of unbranched alkanes of at least 4 members (excludes halogenated alkanes) is 10. The van der Waals surface area contributed by atoms with E-state index in [1.54, 1.807) is 0 Å². The summed E-state index contributed by atoms with van der Waals surface area (Å²) >= 11 is 0. The van der Waals surface area contributed by atoms with Crippen molar-refractivity contribution >= 4 is 10.1 Å². The van der Waals surface area contributed by atoms with Gasteiger partial charge in [0.15, 0.2) is 0 Å². The van der Waals surface area contributed by atoms with Gasteiger partial charge < -0.3 is 9.66 Å². The minimum absolute atomic E-state index is 0. The topological polar surface area (TPSA) is 77.4 Å². The maximum Gasteiger partial charge on any atom is 1.00 e. The van der Waals surface area contributed by atoms with Gasteiger partial charge in [0.2, 0.25) is 0 Å². The Labute approximate surface area is 165 Å². The minimum atomic E-state index is -4.15. The average Bonchev–Trinajstić information content (AvgIpc) is 2.46. The monoisotopic (exact) mass is 358 g/mol. The molecule has 0 aromatic carbocycles. The second-order valence-corrected chi connectivity index (χ2v) is 7.96. The Balaban J connectivity index is 0. The van der Waals surface area contributed by atoms with E-state index in [0.29, 0.717) is 12.8 Å². The Kier molecular flexibility index (Phi) is 20.1. The summed E-state index contributed by atoms with van der Waals surface area (Å²) in [6.07, 6.45) is 13.5. The zero-order valence-electron chi connectivity index (χ0n) is 15.3. The Morgan fingerprint density at radius 1 is 0.783 bits per heavy atom. The first kappa shape index (κ1) is 26.1. The van der Waals surface area contributed by atoms with Gasteiger partial charge in [-0.3, -0.25) is 0 Å². The van der Waals surface area contributed by atoms with Gasteiger partial charge in [-0.25, -0.2) is 8.42 Å². The molecule has 0 fully saturated rings. The largest absolute Gasteiger partial charge is 1.00 e. The Hall–Kier alpha value is 0.870. The molecule has 0 bridgehead atoms. The summed E-state index contributed by atoms with van der Waals surface area (Å²) in [5.74, 6) is 0. The molecule has 23 heavy (non-hydrogen) atoms. The van der Waals surface area contributed by atoms with Gasteiger partial charge in [-0.2, -0.15) is 0 Å². The van der Waals surface area contributed by atoms with Gasteiger partial charge in [0, 0.05) is 11.9 Å².